The predicted molar refractivity (Wildman–Crippen MR) is 36.6 cm³/mol. The highest BCUT2D eigenvalue weighted by molar-refractivity contribution is 5.72. The van der Waals surface area contributed by atoms with Crippen molar-refractivity contribution < 1.29 is 4.79 Å². The number of aliphatic imine (C=N–C) groups is 1. The maximum absolute atomic E-state index is 10.0. The number of nitrogens with one attached hydrogen (secondary N) is 1. The minimum atomic E-state index is -0.487. The molecule has 0 aromatic carbocycles. The Kier molecular flexibility index (Phi) is 4.49. The highest BCUT2D eigenvalue weighted by atomic mass is 16.2. The van der Waals surface area contributed by atoms with Crippen LogP contribution in [0.15, 0.2) is 4.99 Å². The standard InChI is InChI=1S/C5H11N3O/c1-7-3-2-4-8-5(6)9/h3H,2,4H2,1H3,(H3,6,8,9). The summed E-state index contributed by atoms with van der Waals surface area (Å²) in [5.41, 5.74) is 4.78. The summed E-state index contributed by atoms with van der Waals surface area (Å²) < 4.78 is 0. The van der Waals surface area contributed by atoms with Gasteiger partial charge in [-0.1, -0.05) is 0 Å². The van der Waals surface area contributed by atoms with Crippen molar-refractivity contribution in [2.24, 2.45) is 10.7 Å². The number of rotatable bonds is 3. The van der Waals surface area contributed by atoms with Gasteiger partial charge in [0.25, 0.3) is 0 Å². The second-order valence-corrected chi connectivity index (χ2v) is 1.52. The first kappa shape index (κ1) is 7.94. The highest BCUT2D eigenvalue weighted by Crippen LogP contribution is 1.67. The van der Waals surface area contributed by atoms with Crippen molar-refractivity contribution in [1.82, 2.24) is 5.32 Å². The fraction of sp³-hybridized carbons (Fsp3) is 0.600. The third-order valence-electron chi connectivity index (χ3n) is 0.755. The van der Waals surface area contributed by atoms with E-state index in [2.05, 4.69) is 10.3 Å². The number of amides is 2. The van der Waals surface area contributed by atoms with Crippen LogP contribution in [-0.4, -0.2) is 25.8 Å². The maximum Gasteiger partial charge on any atom is 0.312 e. The number of hydrogen-bond acceptors (Lipinski definition) is 2. The van der Waals surface area contributed by atoms with Crippen LogP contribution in [0, 0.1) is 0 Å². The SMILES string of the molecule is CN=CCCNC(N)=O. The summed E-state index contributed by atoms with van der Waals surface area (Å²) in [6.07, 6.45) is 2.45. The van der Waals surface area contributed by atoms with Crippen LogP contribution in [0.25, 0.3) is 0 Å². The molecule has 9 heavy (non-hydrogen) atoms. The van der Waals surface area contributed by atoms with E-state index in [1.807, 2.05) is 0 Å². The van der Waals surface area contributed by atoms with Crippen molar-refractivity contribution in [1.29, 1.82) is 0 Å². The molecule has 0 spiro atoms. The van der Waals surface area contributed by atoms with E-state index in [4.69, 9.17) is 5.73 Å². The van der Waals surface area contributed by atoms with E-state index in [1.54, 1.807) is 13.3 Å². The minimum absolute atomic E-state index is 0.487. The Labute approximate surface area is 54.1 Å². The molecule has 0 bridgehead atoms. The molecule has 4 heteroatoms. The molecule has 0 atom stereocenters. The lowest BCUT2D eigenvalue weighted by molar-refractivity contribution is 0.249. The molecule has 0 heterocycles. The molecule has 0 aromatic rings. The van der Waals surface area contributed by atoms with Crippen molar-refractivity contribution in [2.45, 2.75) is 6.42 Å². The summed E-state index contributed by atoms with van der Waals surface area (Å²) in [5.74, 6) is 0. The van der Waals surface area contributed by atoms with E-state index in [0.717, 1.165) is 6.42 Å². The molecule has 0 saturated carbocycles. The number of primary amides is 1. The number of hydrogen-bond donors (Lipinski definition) is 2. The molecule has 0 saturated heterocycles. The average Bonchev–Trinajstić information content (AvgIpc) is 1.80. The molecule has 0 aromatic heterocycles. The van der Waals surface area contributed by atoms with Gasteiger partial charge >= 0.3 is 6.03 Å². The van der Waals surface area contributed by atoms with Gasteiger partial charge in [-0.25, -0.2) is 4.79 Å². The lowest BCUT2D eigenvalue weighted by atomic mass is 10.5. The molecular weight excluding hydrogens is 118 g/mol. The van der Waals surface area contributed by atoms with Gasteiger partial charge in [-0.2, -0.15) is 0 Å². The largest absolute Gasteiger partial charge is 0.352 e. The zero-order valence-electron chi connectivity index (χ0n) is 5.42. The molecule has 3 N–H and O–H groups in total. The van der Waals surface area contributed by atoms with Crippen LogP contribution >= 0.6 is 0 Å². The molecule has 0 aliphatic heterocycles. The monoisotopic (exact) mass is 129 g/mol. The van der Waals surface area contributed by atoms with Gasteiger partial charge in [0, 0.05) is 19.8 Å². The topological polar surface area (TPSA) is 67.5 Å². The van der Waals surface area contributed by atoms with Crippen molar-refractivity contribution in [3.8, 4) is 0 Å². The van der Waals surface area contributed by atoms with Crippen molar-refractivity contribution in [3.05, 3.63) is 0 Å². The van der Waals surface area contributed by atoms with E-state index in [-0.39, 0.29) is 0 Å². The molecule has 0 fully saturated rings. The Morgan fingerprint density at radius 2 is 2.56 bits per heavy atom. The second kappa shape index (κ2) is 5.08. The molecule has 0 unspecified atom stereocenters. The van der Waals surface area contributed by atoms with E-state index in [1.165, 1.54) is 0 Å². The Morgan fingerprint density at radius 1 is 1.89 bits per heavy atom. The molecular formula is C5H11N3O. The van der Waals surface area contributed by atoms with Crippen LogP contribution in [0.4, 0.5) is 4.79 Å². The van der Waals surface area contributed by atoms with Crippen LogP contribution in [0.5, 0.6) is 0 Å². The van der Waals surface area contributed by atoms with Gasteiger partial charge in [0.05, 0.1) is 0 Å². The van der Waals surface area contributed by atoms with Crippen LogP contribution in [0.1, 0.15) is 6.42 Å². The molecule has 52 valence electrons. The van der Waals surface area contributed by atoms with Gasteiger partial charge < -0.3 is 16.0 Å². The summed E-state index contributed by atoms with van der Waals surface area (Å²) in [6, 6.07) is -0.487. The highest BCUT2D eigenvalue weighted by Gasteiger charge is 1.85. The zero-order chi connectivity index (χ0) is 7.11. The summed E-state index contributed by atoms with van der Waals surface area (Å²) in [5, 5.41) is 2.43. The molecule has 4 nitrogen and oxygen atoms in total. The number of urea groups is 1. The third kappa shape index (κ3) is 6.94. The summed E-state index contributed by atoms with van der Waals surface area (Å²) in [7, 11) is 1.68. The zero-order valence-corrected chi connectivity index (χ0v) is 5.42. The van der Waals surface area contributed by atoms with E-state index < -0.39 is 6.03 Å². The smallest absolute Gasteiger partial charge is 0.312 e. The summed E-state index contributed by atoms with van der Waals surface area (Å²) in [4.78, 5) is 13.7. The van der Waals surface area contributed by atoms with E-state index >= 15 is 0 Å². The van der Waals surface area contributed by atoms with Gasteiger partial charge in [-0.15, -0.1) is 0 Å². The molecule has 0 aliphatic carbocycles. The van der Waals surface area contributed by atoms with Gasteiger partial charge in [-0.05, 0) is 6.42 Å². The Bertz CT molecular complexity index is 111. The predicted octanol–water partition coefficient (Wildman–Crippen LogP) is -0.255. The molecule has 0 radical (unpaired) electrons. The fourth-order valence-electron chi connectivity index (χ4n) is 0.389. The second-order valence-electron chi connectivity index (χ2n) is 1.52. The Hall–Kier alpha value is -1.06. The summed E-state index contributed by atoms with van der Waals surface area (Å²) in [6.45, 7) is 0.562. The molecule has 0 rings (SSSR count). The van der Waals surface area contributed by atoms with Crippen LogP contribution in [0.3, 0.4) is 0 Å². The van der Waals surface area contributed by atoms with Gasteiger partial charge in [0.15, 0.2) is 0 Å². The fourth-order valence-corrected chi connectivity index (χ4v) is 0.389. The average molecular weight is 129 g/mol. The minimum Gasteiger partial charge on any atom is -0.352 e. The number of carbonyl (C=O) groups is 1. The molecule has 0 aliphatic rings. The van der Waals surface area contributed by atoms with Crippen LogP contribution in [-0.2, 0) is 0 Å². The lowest BCUT2D eigenvalue weighted by Gasteiger charge is -1.94. The first-order chi connectivity index (χ1) is 4.27. The summed E-state index contributed by atoms with van der Waals surface area (Å²) >= 11 is 0. The van der Waals surface area contributed by atoms with Gasteiger partial charge in [0.2, 0.25) is 0 Å². The van der Waals surface area contributed by atoms with E-state index in [0.29, 0.717) is 6.54 Å². The van der Waals surface area contributed by atoms with Crippen LogP contribution in [0.2, 0.25) is 0 Å². The maximum atomic E-state index is 10.0. The van der Waals surface area contributed by atoms with Gasteiger partial charge in [0.1, 0.15) is 0 Å². The lowest BCUT2D eigenvalue weighted by Crippen LogP contribution is -2.30. The number of nitrogens with zero attached hydrogens (tertiary/aromatic N) is 1. The number of nitrogens with two attached hydrogens (primary N) is 1. The van der Waals surface area contributed by atoms with Crippen LogP contribution < -0.4 is 11.1 Å². The molecule has 2 amide bonds. The number of carbonyl (C=O) groups excluding carboxylic acids is 1. The van der Waals surface area contributed by atoms with Crippen molar-refractivity contribution in [3.63, 3.8) is 0 Å². The first-order valence-corrected chi connectivity index (χ1v) is 2.71. The Morgan fingerprint density at radius 3 is 3.00 bits per heavy atom. The normalized spacial score (nSPS) is 9.89. The van der Waals surface area contributed by atoms with Gasteiger partial charge in [-0.3, -0.25) is 0 Å². The van der Waals surface area contributed by atoms with Crippen molar-refractivity contribution >= 4 is 12.2 Å². The van der Waals surface area contributed by atoms with E-state index in [9.17, 15) is 4.79 Å². The first-order valence-electron chi connectivity index (χ1n) is 2.71. The van der Waals surface area contributed by atoms with Crippen molar-refractivity contribution in [2.75, 3.05) is 13.6 Å². The quantitative estimate of drug-likeness (QED) is 0.400. The third-order valence-corrected chi connectivity index (χ3v) is 0.755. The Balaban J connectivity index is 3.01.